The van der Waals surface area contributed by atoms with Gasteiger partial charge in [-0.05, 0) is 37.1 Å². The van der Waals surface area contributed by atoms with Gasteiger partial charge in [0.25, 0.3) is 0 Å². The van der Waals surface area contributed by atoms with Crippen LogP contribution in [0, 0.1) is 0 Å². The number of rotatable bonds is 2. The molecule has 0 saturated heterocycles. The number of nitrogens with zero attached hydrogens (tertiary/aromatic N) is 1. The molecule has 0 bridgehead atoms. The molecule has 1 heterocycles. The zero-order chi connectivity index (χ0) is 13.9. The van der Waals surface area contributed by atoms with Crippen LogP contribution < -0.4 is 11.1 Å². The third kappa shape index (κ3) is 2.56. The molecule has 0 amide bonds. The van der Waals surface area contributed by atoms with E-state index in [4.69, 9.17) is 5.73 Å². The first-order chi connectivity index (χ1) is 9.75. The highest BCUT2D eigenvalue weighted by molar-refractivity contribution is 5.98. The lowest BCUT2D eigenvalue weighted by atomic mass is 10.0. The zero-order valence-electron chi connectivity index (χ0n) is 11.5. The minimum Gasteiger partial charge on any atom is -0.397 e. The van der Waals surface area contributed by atoms with Gasteiger partial charge in [-0.3, -0.25) is 4.98 Å². The lowest BCUT2D eigenvalue weighted by molar-refractivity contribution is 0.144. The Balaban J connectivity index is 1.92. The summed E-state index contributed by atoms with van der Waals surface area (Å²) in [7, 11) is 0. The van der Waals surface area contributed by atoms with Crippen molar-refractivity contribution in [1.82, 2.24) is 4.98 Å². The number of fused-ring (bicyclic) bond motifs is 1. The number of hydrogen-bond donors (Lipinski definition) is 3. The van der Waals surface area contributed by atoms with E-state index in [9.17, 15) is 5.11 Å². The van der Waals surface area contributed by atoms with Crippen molar-refractivity contribution < 1.29 is 5.11 Å². The molecule has 1 aliphatic rings. The summed E-state index contributed by atoms with van der Waals surface area (Å²) >= 11 is 0. The predicted octanol–water partition coefficient (Wildman–Crippen LogP) is 2.92. The molecule has 4 nitrogen and oxygen atoms in total. The van der Waals surface area contributed by atoms with Gasteiger partial charge < -0.3 is 16.2 Å². The molecule has 1 aliphatic carbocycles. The Kier molecular flexibility index (Phi) is 3.74. The minimum absolute atomic E-state index is 0.115. The van der Waals surface area contributed by atoms with E-state index in [1.165, 1.54) is 12.8 Å². The van der Waals surface area contributed by atoms with Crippen molar-refractivity contribution >= 4 is 22.3 Å². The highest BCUT2D eigenvalue weighted by atomic mass is 16.3. The Bertz CT molecular complexity index is 599. The van der Waals surface area contributed by atoms with Gasteiger partial charge in [-0.25, -0.2) is 0 Å². The van der Waals surface area contributed by atoms with Crippen molar-refractivity contribution in [2.75, 3.05) is 11.1 Å². The Morgan fingerprint density at radius 3 is 2.90 bits per heavy atom. The number of nitrogen functional groups attached to an aromatic ring is 1. The molecule has 0 radical (unpaired) electrons. The lowest BCUT2D eigenvalue weighted by Gasteiger charge is -2.24. The van der Waals surface area contributed by atoms with Crippen LogP contribution in [-0.2, 0) is 0 Å². The SMILES string of the molecule is Nc1ccc(NC2CCCCCC2O)c2cccnc12. The van der Waals surface area contributed by atoms with E-state index >= 15 is 0 Å². The summed E-state index contributed by atoms with van der Waals surface area (Å²) in [6, 6.07) is 7.91. The predicted molar refractivity (Wildman–Crippen MR) is 82.7 cm³/mol. The monoisotopic (exact) mass is 271 g/mol. The number of anilines is 2. The molecule has 1 aromatic carbocycles. The van der Waals surface area contributed by atoms with E-state index in [0.717, 1.165) is 35.9 Å². The second-order valence-electron chi connectivity index (χ2n) is 5.56. The molecule has 1 aromatic heterocycles. The van der Waals surface area contributed by atoms with E-state index in [-0.39, 0.29) is 12.1 Å². The maximum atomic E-state index is 10.2. The van der Waals surface area contributed by atoms with Crippen molar-refractivity contribution in [3.63, 3.8) is 0 Å². The number of nitrogens with two attached hydrogens (primary N) is 1. The molecule has 2 aromatic rings. The first kappa shape index (κ1) is 13.2. The number of aliphatic hydroxyl groups excluding tert-OH is 1. The Morgan fingerprint density at radius 1 is 1.15 bits per heavy atom. The van der Waals surface area contributed by atoms with Crippen LogP contribution in [0.3, 0.4) is 0 Å². The van der Waals surface area contributed by atoms with E-state index < -0.39 is 0 Å². The first-order valence-electron chi connectivity index (χ1n) is 7.33. The van der Waals surface area contributed by atoms with Gasteiger partial charge in [0.15, 0.2) is 0 Å². The maximum Gasteiger partial charge on any atom is 0.0951 e. The second-order valence-corrected chi connectivity index (χ2v) is 5.56. The molecule has 0 spiro atoms. The van der Waals surface area contributed by atoms with E-state index in [2.05, 4.69) is 10.3 Å². The second kappa shape index (κ2) is 5.67. The third-order valence-electron chi connectivity index (χ3n) is 4.12. The molecule has 0 aliphatic heterocycles. The summed E-state index contributed by atoms with van der Waals surface area (Å²) in [5.41, 5.74) is 8.49. The van der Waals surface area contributed by atoms with Crippen LogP contribution in [-0.4, -0.2) is 22.2 Å². The standard InChI is InChI=1S/C16H21N3O/c17-12-8-9-13(11-5-4-10-18-16(11)12)19-14-6-2-1-3-7-15(14)20/h4-5,8-10,14-15,19-20H,1-3,6-7,17H2. The van der Waals surface area contributed by atoms with E-state index in [0.29, 0.717) is 5.69 Å². The van der Waals surface area contributed by atoms with Crippen molar-refractivity contribution in [1.29, 1.82) is 0 Å². The minimum atomic E-state index is -0.276. The molecule has 4 N–H and O–H groups in total. The summed E-state index contributed by atoms with van der Waals surface area (Å²) in [6.45, 7) is 0. The highest BCUT2D eigenvalue weighted by Crippen LogP contribution is 2.29. The Hall–Kier alpha value is -1.81. The van der Waals surface area contributed by atoms with Crippen molar-refractivity contribution in [2.24, 2.45) is 0 Å². The first-order valence-corrected chi connectivity index (χ1v) is 7.33. The molecular formula is C16H21N3O. The van der Waals surface area contributed by atoms with E-state index in [1.54, 1.807) is 6.20 Å². The fourth-order valence-electron chi connectivity index (χ4n) is 2.98. The van der Waals surface area contributed by atoms with Gasteiger partial charge in [-0.1, -0.05) is 19.3 Å². The molecule has 1 fully saturated rings. The van der Waals surface area contributed by atoms with Crippen LogP contribution in [0.4, 0.5) is 11.4 Å². The molecule has 1 saturated carbocycles. The normalized spacial score (nSPS) is 23.4. The largest absolute Gasteiger partial charge is 0.397 e. The fourth-order valence-corrected chi connectivity index (χ4v) is 2.98. The van der Waals surface area contributed by atoms with Gasteiger partial charge in [0.1, 0.15) is 0 Å². The fraction of sp³-hybridized carbons (Fsp3) is 0.438. The molecule has 20 heavy (non-hydrogen) atoms. The van der Waals surface area contributed by atoms with Crippen molar-refractivity contribution in [2.45, 2.75) is 44.2 Å². The quantitative estimate of drug-likeness (QED) is 0.580. The number of aromatic nitrogens is 1. The van der Waals surface area contributed by atoms with Crippen molar-refractivity contribution in [3.8, 4) is 0 Å². The van der Waals surface area contributed by atoms with Gasteiger partial charge in [0.2, 0.25) is 0 Å². The molecular weight excluding hydrogens is 250 g/mol. The number of pyridine rings is 1. The number of nitrogens with one attached hydrogen (secondary N) is 1. The van der Waals surface area contributed by atoms with Crippen LogP contribution in [0.15, 0.2) is 30.5 Å². The van der Waals surface area contributed by atoms with Crippen LogP contribution in [0.2, 0.25) is 0 Å². The lowest BCUT2D eigenvalue weighted by Crippen LogP contribution is -2.32. The van der Waals surface area contributed by atoms with Gasteiger partial charge in [0, 0.05) is 17.3 Å². The smallest absolute Gasteiger partial charge is 0.0951 e. The number of hydrogen-bond acceptors (Lipinski definition) is 4. The van der Waals surface area contributed by atoms with Crippen LogP contribution >= 0.6 is 0 Å². The van der Waals surface area contributed by atoms with Crippen molar-refractivity contribution in [3.05, 3.63) is 30.5 Å². The summed E-state index contributed by atoms with van der Waals surface area (Å²) in [5.74, 6) is 0. The summed E-state index contributed by atoms with van der Waals surface area (Å²) < 4.78 is 0. The summed E-state index contributed by atoms with van der Waals surface area (Å²) in [5, 5.41) is 14.7. The van der Waals surface area contributed by atoms with Crippen LogP contribution in [0.1, 0.15) is 32.1 Å². The summed E-state index contributed by atoms with van der Waals surface area (Å²) in [6.07, 6.45) is 6.85. The topological polar surface area (TPSA) is 71.2 Å². The van der Waals surface area contributed by atoms with Crippen LogP contribution in [0.25, 0.3) is 10.9 Å². The maximum absolute atomic E-state index is 10.2. The average molecular weight is 271 g/mol. The molecule has 4 heteroatoms. The Labute approximate surface area is 119 Å². The number of aliphatic hydroxyl groups is 1. The Morgan fingerprint density at radius 2 is 2.00 bits per heavy atom. The molecule has 106 valence electrons. The summed E-state index contributed by atoms with van der Waals surface area (Å²) in [4.78, 5) is 4.34. The molecule has 2 unspecified atom stereocenters. The van der Waals surface area contributed by atoms with Gasteiger partial charge in [-0.2, -0.15) is 0 Å². The number of benzene rings is 1. The molecule has 3 rings (SSSR count). The zero-order valence-corrected chi connectivity index (χ0v) is 11.5. The third-order valence-corrected chi connectivity index (χ3v) is 4.12. The van der Waals surface area contributed by atoms with E-state index in [1.807, 2.05) is 24.3 Å². The van der Waals surface area contributed by atoms with Crippen LogP contribution in [0.5, 0.6) is 0 Å². The van der Waals surface area contributed by atoms with Gasteiger partial charge in [0.05, 0.1) is 23.3 Å². The van der Waals surface area contributed by atoms with Gasteiger partial charge in [-0.15, -0.1) is 0 Å². The average Bonchev–Trinajstić information content (AvgIpc) is 2.67. The highest BCUT2D eigenvalue weighted by Gasteiger charge is 2.22. The van der Waals surface area contributed by atoms with Gasteiger partial charge >= 0.3 is 0 Å². The molecule has 2 atom stereocenters.